The van der Waals surface area contributed by atoms with Gasteiger partial charge in [0.25, 0.3) is 0 Å². The highest BCUT2D eigenvalue weighted by Crippen LogP contribution is 2.20. The van der Waals surface area contributed by atoms with Crippen LogP contribution in [0.5, 0.6) is 0 Å². The number of nitrogens with zero attached hydrogens (tertiary/aromatic N) is 2. The standard InChI is InChI=1S/C18H20N2/c1-2-3-5-11-16-12-8-13-17-14-18(19-20(16)17)15-9-6-4-7-10-15/h4,6-10,12-14H,2-3,5,11H2,1H3. The average Bonchev–Trinajstić information content (AvgIpc) is 2.93. The smallest absolute Gasteiger partial charge is 0.0933 e. The van der Waals surface area contributed by atoms with Crippen LogP contribution in [0.25, 0.3) is 16.8 Å². The van der Waals surface area contributed by atoms with Crippen LogP contribution >= 0.6 is 0 Å². The highest BCUT2D eigenvalue weighted by molar-refractivity contribution is 5.66. The molecule has 0 saturated carbocycles. The molecule has 3 aromatic rings. The molecule has 3 rings (SSSR count). The molecule has 0 aliphatic rings. The first kappa shape index (κ1) is 12.9. The van der Waals surface area contributed by atoms with E-state index in [4.69, 9.17) is 5.10 Å². The van der Waals surface area contributed by atoms with Gasteiger partial charge in [-0.2, -0.15) is 5.10 Å². The molecule has 2 aromatic heterocycles. The predicted molar refractivity (Wildman–Crippen MR) is 83.9 cm³/mol. The van der Waals surface area contributed by atoms with Crippen LogP contribution < -0.4 is 0 Å². The van der Waals surface area contributed by atoms with E-state index < -0.39 is 0 Å². The molecule has 0 saturated heterocycles. The zero-order valence-corrected chi connectivity index (χ0v) is 11.9. The largest absolute Gasteiger partial charge is 0.237 e. The second kappa shape index (κ2) is 5.91. The number of fused-ring (bicyclic) bond motifs is 1. The first-order chi connectivity index (χ1) is 9.88. The van der Waals surface area contributed by atoms with E-state index in [-0.39, 0.29) is 0 Å². The lowest BCUT2D eigenvalue weighted by Gasteiger charge is -2.03. The Bertz CT molecular complexity index is 683. The van der Waals surface area contributed by atoms with Gasteiger partial charge in [0.1, 0.15) is 0 Å². The molecular formula is C18H20N2. The summed E-state index contributed by atoms with van der Waals surface area (Å²) < 4.78 is 2.10. The van der Waals surface area contributed by atoms with Gasteiger partial charge in [0, 0.05) is 11.3 Å². The Morgan fingerprint density at radius 1 is 0.950 bits per heavy atom. The van der Waals surface area contributed by atoms with Gasteiger partial charge in [-0.15, -0.1) is 0 Å². The van der Waals surface area contributed by atoms with E-state index in [0.717, 1.165) is 12.1 Å². The summed E-state index contributed by atoms with van der Waals surface area (Å²) >= 11 is 0. The number of hydrogen-bond acceptors (Lipinski definition) is 1. The molecule has 2 heteroatoms. The van der Waals surface area contributed by atoms with E-state index in [1.165, 1.54) is 36.0 Å². The monoisotopic (exact) mass is 264 g/mol. The van der Waals surface area contributed by atoms with Crippen LogP contribution in [0.4, 0.5) is 0 Å². The Kier molecular flexibility index (Phi) is 3.82. The van der Waals surface area contributed by atoms with E-state index >= 15 is 0 Å². The highest BCUT2D eigenvalue weighted by atomic mass is 15.2. The second-order valence-corrected chi connectivity index (χ2v) is 5.21. The fourth-order valence-electron chi connectivity index (χ4n) is 2.57. The Labute approximate surface area is 120 Å². The summed E-state index contributed by atoms with van der Waals surface area (Å²) in [6.45, 7) is 2.24. The number of pyridine rings is 1. The molecule has 0 aliphatic carbocycles. The Hall–Kier alpha value is -2.09. The van der Waals surface area contributed by atoms with Crippen LogP contribution in [0.15, 0.2) is 54.6 Å². The Morgan fingerprint density at radius 2 is 1.80 bits per heavy atom. The lowest BCUT2D eigenvalue weighted by molar-refractivity contribution is 0.691. The number of benzene rings is 1. The van der Waals surface area contributed by atoms with Crippen molar-refractivity contribution >= 4 is 5.52 Å². The fraction of sp³-hybridized carbons (Fsp3) is 0.278. The van der Waals surface area contributed by atoms with Gasteiger partial charge in [0.05, 0.1) is 11.2 Å². The highest BCUT2D eigenvalue weighted by Gasteiger charge is 2.06. The van der Waals surface area contributed by atoms with Gasteiger partial charge in [-0.05, 0) is 31.0 Å². The van der Waals surface area contributed by atoms with Gasteiger partial charge in [-0.25, -0.2) is 4.52 Å². The van der Waals surface area contributed by atoms with Crippen molar-refractivity contribution in [1.82, 2.24) is 9.61 Å². The van der Waals surface area contributed by atoms with Crippen molar-refractivity contribution in [3.8, 4) is 11.3 Å². The van der Waals surface area contributed by atoms with Crippen molar-refractivity contribution in [2.24, 2.45) is 0 Å². The first-order valence-corrected chi connectivity index (χ1v) is 7.41. The van der Waals surface area contributed by atoms with E-state index in [2.05, 4.69) is 60.0 Å². The molecule has 0 unspecified atom stereocenters. The Balaban J connectivity index is 1.96. The SMILES string of the molecule is CCCCCc1cccc2cc(-c3ccccc3)nn12. The van der Waals surface area contributed by atoms with E-state index in [1.807, 2.05) is 6.07 Å². The van der Waals surface area contributed by atoms with E-state index in [9.17, 15) is 0 Å². The van der Waals surface area contributed by atoms with Crippen LogP contribution in [0.3, 0.4) is 0 Å². The van der Waals surface area contributed by atoms with Gasteiger partial charge in [-0.1, -0.05) is 56.2 Å². The summed E-state index contributed by atoms with van der Waals surface area (Å²) in [5.41, 5.74) is 4.71. The molecule has 2 nitrogen and oxygen atoms in total. The molecule has 0 amide bonds. The molecule has 0 radical (unpaired) electrons. The summed E-state index contributed by atoms with van der Waals surface area (Å²) in [5.74, 6) is 0. The summed E-state index contributed by atoms with van der Waals surface area (Å²) in [5, 5.41) is 4.78. The lowest BCUT2D eigenvalue weighted by atomic mass is 10.1. The maximum absolute atomic E-state index is 4.78. The minimum absolute atomic E-state index is 1.05. The van der Waals surface area contributed by atoms with Crippen LogP contribution in [-0.2, 0) is 6.42 Å². The molecular weight excluding hydrogens is 244 g/mol. The number of aromatic nitrogens is 2. The van der Waals surface area contributed by atoms with Crippen LogP contribution in [0.1, 0.15) is 31.9 Å². The average molecular weight is 264 g/mol. The molecule has 0 fully saturated rings. The molecule has 0 atom stereocenters. The number of rotatable bonds is 5. The first-order valence-electron chi connectivity index (χ1n) is 7.41. The van der Waals surface area contributed by atoms with Crippen molar-refractivity contribution in [3.63, 3.8) is 0 Å². The van der Waals surface area contributed by atoms with Gasteiger partial charge in [-0.3, -0.25) is 0 Å². The van der Waals surface area contributed by atoms with Crippen molar-refractivity contribution in [1.29, 1.82) is 0 Å². The quantitative estimate of drug-likeness (QED) is 0.609. The molecule has 0 N–H and O–H groups in total. The van der Waals surface area contributed by atoms with Crippen molar-refractivity contribution < 1.29 is 0 Å². The predicted octanol–water partition coefficient (Wildman–Crippen LogP) is 4.73. The second-order valence-electron chi connectivity index (χ2n) is 5.21. The van der Waals surface area contributed by atoms with Crippen molar-refractivity contribution in [2.75, 3.05) is 0 Å². The third-order valence-electron chi connectivity index (χ3n) is 3.67. The molecule has 0 aliphatic heterocycles. The van der Waals surface area contributed by atoms with Crippen LogP contribution in [0.2, 0.25) is 0 Å². The van der Waals surface area contributed by atoms with E-state index in [0.29, 0.717) is 0 Å². The summed E-state index contributed by atoms with van der Waals surface area (Å²) in [4.78, 5) is 0. The molecule has 2 heterocycles. The third-order valence-corrected chi connectivity index (χ3v) is 3.67. The zero-order chi connectivity index (χ0) is 13.8. The van der Waals surface area contributed by atoms with Crippen LogP contribution in [0, 0.1) is 0 Å². The normalized spacial score (nSPS) is 11.1. The zero-order valence-electron chi connectivity index (χ0n) is 11.9. The summed E-state index contributed by atoms with van der Waals surface area (Å²) in [6, 6.07) is 19.0. The molecule has 20 heavy (non-hydrogen) atoms. The topological polar surface area (TPSA) is 17.3 Å². The number of hydrogen-bond donors (Lipinski definition) is 0. The lowest BCUT2D eigenvalue weighted by Crippen LogP contribution is -1.98. The minimum atomic E-state index is 1.05. The summed E-state index contributed by atoms with van der Waals surface area (Å²) in [6.07, 6.45) is 4.87. The molecule has 1 aromatic carbocycles. The number of unbranched alkanes of at least 4 members (excludes halogenated alkanes) is 2. The third kappa shape index (κ3) is 2.60. The number of aryl methyl sites for hydroxylation is 1. The maximum atomic E-state index is 4.78. The van der Waals surface area contributed by atoms with Crippen LogP contribution in [-0.4, -0.2) is 9.61 Å². The van der Waals surface area contributed by atoms with Gasteiger partial charge in [0.15, 0.2) is 0 Å². The molecule has 102 valence electrons. The maximum Gasteiger partial charge on any atom is 0.0933 e. The van der Waals surface area contributed by atoms with E-state index in [1.54, 1.807) is 0 Å². The summed E-state index contributed by atoms with van der Waals surface area (Å²) in [7, 11) is 0. The molecule has 0 spiro atoms. The van der Waals surface area contributed by atoms with Crippen molar-refractivity contribution in [2.45, 2.75) is 32.6 Å². The van der Waals surface area contributed by atoms with Gasteiger partial charge in [0.2, 0.25) is 0 Å². The Morgan fingerprint density at radius 3 is 2.60 bits per heavy atom. The van der Waals surface area contributed by atoms with Gasteiger partial charge >= 0.3 is 0 Å². The molecule has 0 bridgehead atoms. The fourth-order valence-corrected chi connectivity index (χ4v) is 2.57. The minimum Gasteiger partial charge on any atom is -0.237 e. The van der Waals surface area contributed by atoms with Crippen molar-refractivity contribution in [3.05, 3.63) is 60.3 Å². The van der Waals surface area contributed by atoms with Gasteiger partial charge < -0.3 is 0 Å².